The van der Waals surface area contributed by atoms with E-state index in [2.05, 4.69) is 89.3 Å². The van der Waals surface area contributed by atoms with Crippen LogP contribution in [0.4, 0.5) is 0 Å². The number of nitrogens with zero attached hydrogens (tertiary/aromatic N) is 2. The van der Waals surface area contributed by atoms with Gasteiger partial charge in [-0.3, -0.25) is 9.97 Å². The van der Waals surface area contributed by atoms with Gasteiger partial charge in [0, 0.05) is 81.2 Å². The van der Waals surface area contributed by atoms with Crippen molar-refractivity contribution in [2.24, 2.45) is 0 Å². The Hall–Kier alpha value is -5.30. The van der Waals surface area contributed by atoms with Gasteiger partial charge in [-0.25, -0.2) is 0 Å². The van der Waals surface area contributed by atoms with Gasteiger partial charge in [-0.05, 0) is 109 Å². The number of hydrogen-bond donors (Lipinski definition) is 3. The van der Waals surface area contributed by atoms with E-state index in [1.807, 2.05) is 36.9 Å². The minimum absolute atomic E-state index is 0.218. The summed E-state index contributed by atoms with van der Waals surface area (Å²) in [6.07, 6.45) is 7.61. The Morgan fingerprint density at radius 1 is 0.482 bits per heavy atom. The van der Waals surface area contributed by atoms with Crippen molar-refractivity contribution >= 4 is 65.2 Å². The summed E-state index contributed by atoms with van der Waals surface area (Å²) >= 11 is 0. The second-order valence-electron chi connectivity index (χ2n) is 14.1. The average Bonchev–Trinajstić information content (AvgIpc) is 3.81. The van der Waals surface area contributed by atoms with Crippen LogP contribution in [0.3, 0.4) is 0 Å². The molecule has 0 unspecified atom stereocenters. The SMILES string of the molecule is Cc1c2ccncc2c(C)c2c1[nH]c1ccc(OCCOCCOCCNCCOCOCCOc3ccc4[nH]c5c(C)c6ccncc6c(C)c5c4c3)cc12. The molecule has 0 atom stereocenters. The lowest BCUT2D eigenvalue weighted by molar-refractivity contribution is -0.0592. The molecule has 3 N–H and O–H groups in total. The standard InChI is InChI=1S/C45H49N5O6/c1-28-38-25-47-11-9-34(38)30(3)44-42(28)36-23-32(5-7-40(36)49-44)55-21-19-52-18-17-51-15-13-46-14-16-53-27-54-20-22-56-33-6-8-41-37(24-33)43-29(2)39-26-48-12-10-35(39)31(4)45(43)50-41/h5-12,23-26,46,49-50H,13-22,27H2,1-4H3. The second-order valence-corrected chi connectivity index (χ2v) is 14.1. The third-order valence-corrected chi connectivity index (χ3v) is 10.7. The number of aryl methyl sites for hydroxylation is 4. The second kappa shape index (κ2) is 17.2. The topological polar surface area (TPSA) is 125 Å². The van der Waals surface area contributed by atoms with Crippen molar-refractivity contribution < 1.29 is 28.4 Å². The molecular weight excluding hydrogens is 707 g/mol. The van der Waals surface area contributed by atoms with Crippen LogP contribution in [-0.2, 0) is 18.9 Å². The number of ether oxygens (including phenoxy) is 6. The van der Waals surface area contributed by atoms with Crippen molar-refractivity contribution in [3.05, 3.63) is 95.6 Å². The average molecular weight is 756 g/mol. The van der Waals surface area contributed by atoms with Crippen molar-refractivity contribution in [3.8, 4) is 11.5 Å². The summed E-state index contributed by atoms with van der Waals surface area (Å²) in [4.78, 5) is 15.9. The summed E-state index contributed by atoms with van der Waals surface area (Å²) in [7, 11) is 0. The molecule has 11 heteroatoms. The lowest BCUT2D eigenvalue weighted by Gasteiger charge is -2.10. The van der Waals surface area contributed by atoms with Gasteiger partial charge in [-0.1, -0.05) is 0 Å². The smallest absolute Gasteiger partial charge is 0.146 e. The molecule has 0 aliphatic carbocycles. The molecule has 56 heavy (non-hydrogen) atoms. The van der Waals surface area contributed by atoms with Crippen molar-refractivity contribution in [3.63, 3.8) is 0 Å². The molecule has 0 radical (unpaired) electrons. The van der Waals surface area contributed by atoms with E-state index in [1.54, 1.807) is 0 Å². The fourth-order valence-electron chi connectivity index (χ4n) is 7.79. The Bertz CT molecular complexity index is 2450. The van der Waals surface area contributed by atoms with Gasteiger partial charge >= 0.3 is 0 Å². The number of benzene rings is 4. The Morgan fingerprint density at radius 2 is 0.946 bits per heavy atom. The number of rotatable bonds is 19. The molecule has 8 rings (SSSR count). The molecule has 0 bridgehead atoms. The zero-order valence-corrected chi connectivity index (χ0v) is 32.6. The fraction of sp³-hybridized carbons (Fsp3) is 0.333. The monoisotopic (exact) mass is 755 g/mol. The van der Waals surface area contributed by atoms with E-state index >= 15 is 0 Å². The lowest BCUT2D eigenvalue weighted by atomic mass is 9.97. The Morgan fingerprint density at radius 3 is 1.50 bits per heavy atom. The highest BCUT2D eigenvalue weighted by Crippen LogP contribution is 2.39. The summed E-state index contributed by atoms with van der Waals surface area (Å²) in [5, 5.41) is 12.9. The lowest BCUT2D eigenvalue weighted by Crippen LogP contribution is -2.25. The van der Waals surface area contributed by atoms with Crippen LogP contribution >= 0.6 is 0 Å². The first-order chi connectivity index (χ1) is 27.5. The number of nitrogens with one attached hydrogen (secondary N) is 3. The van der Waals surface area contributed by atoms with Crippen LogP contribution in [0.1, 0.15) is 22.3 Å². The van der Waals surface area contributed by atoms with Crippen LogP contribution < -0.4 is 14.8 Å². The number of aromatic nitrogens is 4. The Labute approximate surface area is 325 Å². The molecule has 0 spiro atoms. The van der Waals surface area contributed by atoms with E-state index in [0.717, 1.165) is 50.9 Å². The Balaban J connectivity index is 0.656. The number of hydrogen-bond acceptors (Lipinski definition) is 9. The van der Waals surface area contributed by atoms with E-state index in [4.69, 9.17) is 28.4 Å². The van der Waals surface area contributed by atoms with Crippen LogP contribution in [-0.4, -0.2) is 92.7 Å². The van der Waals surface area contributed by atoms with Crippen molar-refractivity contribution in [1.82, 2.24) is 25.3 Å². The van der Waals surface area contributed by atoms with Crippen molar-refractivity contribution in [2.75, 3.05) is 72.7 Å². The minimum atomic E-state index is 0.218. The molecule has 8 aromatic rings. The molecule has 0 amide bonds. The first-order valence-electron chi connectivity index (χ1n) is 19.3. The van der Waals surface area contributed by atoms with E-state index in [0.29, 0.717) is 59.4 Å². The van der Waals surface area contributed by atoms with Crippen molar-refractivity contribution in [1.29, 1.82) is 0 Å². The highest BCUT2D eigenvalue weighted by atomic mass is 16.7. The van der Waals surface area contributed by atoms with Gasteiger partial charge in [0.1, 0.15) is 31.5 Å². The van der Waals surface area contributed by atoms with E-state index < -0.39 is 0 Å². The zero-order chi connectivity index (χ0) is 38.4. The first-order valence-corrected chi connectivity index (χ1v) is 19.3. The Kier molecular flexibility index (Phi) is 11.6. The van der Waals surface area contributed by atoms with Gasteiger partial charge in [-0.2, -0.15) is 0 Å². The summed E-state index contributed by atoms with van der Waals surface area (Å²) < 4.78 is 34.7. The number of H-pyrrole nitrogens is 2. The van der Waals surface area contributed by atoms with Gasteiger partial charge < -0.3 is 43.7 Å². The highest BCUT2D eigenvalue weighted by molar-refractivity contribution is 6.17. The molecule has 4 aromatic heterocycles. The fourth-order valence-corrected chi connectivity index (χ4v) is 7.79. The largest absolute Gasteiger partial charge is 0.491 e. The highest BCUT2D eigenvalue weighted by Gasteiger charge is 2.16. The van der Waals surface area contributed by atoms with Crippen LogP contribution in [0.15, 0.2) is 73.3 Å². The van der Waals surface area contributed by atoms with Gasteiger partial charge in [0.05, 0.1) is 50.7 Å². The quantitative estimate of drug-likeness (QED) is 0.0552. The predicted octanol–water partition coefficient (Wildman–Crippen LogP) is 8.36. The maximum absolute atomic E-state index is 6.03. The third kappa shape index (κ3) is 7.73. The van der Waals surface area contributed by atoms with Crippen LogP contribution in [0.25, 0.3) is 65.2 Å². The van der Waals surface area contributed by atoms with Crippen molar-refractivity contribution in [2.45, 2.75) is 27.7 Å². The number of fused-ring (bicyclic) bond motifs is 8. The maximum Gasteiger partial charge on any atom is 0.146 e. The molecule has 0 saturated carbocycles. The predicted molar refractivity (Wildman–Crippen MR) is 223 cm³/mol. The van der Waals surface area contributed by atoms with Gasteiger partial charge in [0.25, 0.3) is 0 Å². The molecule has 4 aromatic carbocycles. The molecule has 290 valence electrons. The third-order valence-electron chi connectivity index (χ3n) is 10.7. The van der Waals surface area contributed by atoms with Crippen LogP contribution in [0.5, 0.6) is 11.5 Å². The molecule has 0 aliphatic rings. The first kappa shape index (κ1) is 37.6. The summed E-state index contributed by atoms with van der Waals surface area (Å²) in [6.45, 7) is 14.3. The van der Waals surface area contributed by atoms with Gasteiger partial charge in [0.2, 0.25) is 0 Å². The van der Waals surface area contributed by atoms with E-state index in [9.17, 15) is 0 Å². The van der Waals surface area contributed by atoms with Gasteiger partial charge in [0.15, 0.2) is 0 Å². The molecular formula is C45H49N5O6. The molecule has 0 saturated heterocycles. The summed E-state index contributed by atoms with van der Waals surface area (Å²) in [5.41, 5.74) is 9.42. The molecule has 11 nitrogen and oxygen atoms in total. The maximum atomic E-state index is 6.03. The van der Waals surface area contributed by atoms with Crippen LogP contribution in [0.2, 0.25) is 0 Å². The summed E-state index contributed by atoms with van der Waals surface area (Å²) in [6, 6.07) is 16.5. The molecule has 0 fully saturated rings. The summed E-state index contributed by atoms with van der Waals surface area (Å²) in [5.74, 6) is 1.64. The van der Waals surface area contributed by atoms with E-state index in [1.165, 1.54) is 54.6 Å². The number of aromatic amines is 2. The van der Waals surface area contributed by atoms with Gasteiger partial charge in [-0.15, -0.1) is 0 Å². The van der Waals surface area contributed by atoms with Crippen LogP contribution in [0, 0.1) is 27.7 Å². The zero-order valence-electron chi connectivity index (χ0n) is 32.6. The molecule has 0 aliphatic heterocycles. The molecule has 4 heterocycles. The number of pyridine rings is 2. The van der Waals surface area contributed by atoms with E-state index in [-0.39, 0.29) is 6.79 Å². The minimum Gasteiger partial charge on any atom is -0.491 e. The normalized spacial score (nSPS) is 12.0.